The molecule has 1 aliphatic carbocycles. The van der Waals surface area contributed by atoms with Crippen molar-refractivity contribution in [3.8, 4) is 0 Å². The fraction of sp³-hybridized carbons (Fsp3) is 0.750. The molecule has 2 N–H and O–H groups in total. The molecule has 1 saturated carbocycles. The molecule has 2 unspecified atom stereocenters. The summed E-state index contributed by atoms with van der Waals surface area (Å²) in [5, 5.41) is 7.91. The lowest BCUT2D eigenvalue weighted by Gasteiger charge is -2.18. The number of nitrogens with zero attached hydrogens (tertiary/aromatic N) is 2. The van der Waals surface area contributed by atoms with Crippen LogP contribution >= 0.6 is 11.8 Å². The molecule has 0 radical (unpaired) electrons. The zero-order valence-electron chi connectivity index (χ0n) is 13.5. The summed E-state index contributed by atoms with van der Waals surface area (Å²) in [7, 11) is 0. The third-order valence-corrected chi connectivity index (χ3v) is 5.14. The molecule has 118 valence electrons. The summed E-state index contributed by atoms with van der Waals surface area (Å²) >= 11 is 1.99. The van der Waals surface area contributed by atoms with Crippen molar-refractivity contribution in [3.05, 3.63) is 11.9 Å². The molecule has 5 heteroatoms. The van der Waals surface area contributed by atoms with Gasteiger partial charge in [0.05, 0.1) is 0 Å². The van der Waals surface area contributed by atoms with Gasteiger partial charge in [-0.3, -0.25) is 0 Å². The Morgan fingerprint density at radius 3 is 2.67 bits per heavy atom. The Kier molecular flexibility index (Phi) is 6.61. The number of rotatable bonds is 8. The second-order valence-corrected chi connectivity index (χ2v) is 6.88. The first-order valence-electron chi connectivity index (χ1n) is 8.15. The first-order valence-corrected chi connectivity index (χ1v) is 9.44. The number of hydrogen-bond acceptors (Lipinski definition) is 5. The Hall–Kier alpha value is -0.970. The standard InChI is InChI=1S/C16H28N4S/c1-4-6-14-15(17-9-5-2)18-11-19-16(14)20-12-7-8-13(10-12)21-3/h11-13H,4-10H2,1-3H3,(H2,17,18,19,20). The lowest BCUT2D eigenvalue weighted by Crippen LogP contribution is -2.19. The summed E-state index contributed by atoms with van der Waals surface area (Å²) in [6, 6.07) is 0.562. The van der Waals surface area contributed by atoms with Crippen LogP contribution in [0.3, 0.4) is 0 Å². The molecule has 0 bridgehead atoms. The van der Waals surface area contributed by atoms with Crippen molar-refractivity contribution in [2.24, 2.45) is 0 Å². The maximum atomic E-state index is 4.51. The minimum Gasteiger partial charge on any atom is -0.370 e. The molecule has 21 heavy (non-hydrogen) atoms. The Balaban J connectivity index is 2.10. The molecule has 1 aliphatic rings. The number of anilines is 2. The fourth-order valence-electron chi connectivity index (χ4n) is 2.90. The Labute approximate surface area is 132 Å². The largest absolute Gasteiger partial charge is 0.370 e. The first-order chi connectivity index (χ1) is 10.3. The van der Waals surface area contributed by atoms with Gasteiger partial charge in [-0.1, -0.05) is 20.3 Å². The van der Waals surface area contributed by atoms with Gasteiger partial charge in [-0.15, -0.1) is 0 Å². The predicted octanol–water partition coefficient (Wildman–Crippen LogP) is 3.95. The van der Waals surface area contributed by atoms with Gasteiger partial charge >= 0.3 is 0 Å². The molecule has 1 aromatic rings. The van der Waals surface area contributed by atoms with Crippen molar-refractivity contribution in [2.45, 2.75) is 63.7 Å². The molecular formula is C16H28N4S. The Morgan fingerprint density at radius 1 is 1.19 bits per heavy atom. The highest BCUT2D eigenvalue weighted by Crippen LogP contribution is 2.31. The molecule has 1 fully saturated rings. The van der Waals surface area contributed by atoms with E-state index in [1.165, 1.54) is 24.8 Å². The van der Waals surface area contributed by atoms with Crippen LogP contribution in [0.2, 0.25) is 0 Å². The zero-order chi connectivity index (χ0) is 15.1. The second kappa shape index (κ2) is 8.47. The quantitative estimate of drug-likeness (QED) is 0.761. The summed E-state index contributed by atoms with van der Waals surface area (Å²) in [5.41, 5.74) is 1.25. The molecule has 0 saturated heterocycles. The van der Waals surface area contributed by atoms with Gasteiger partial charge < -0.3 is 10.6 Å². The van der Waals surface area contributed by atoms with Crippen LogP contribution in [-0.2, 0) is 6.42 Å². The van der Waals surface area contributed by atoms with Crippen LogP contribution in [0.5, 0.6) is 0 Å². The van der Waals surface area contributed by atoms with E-state index in [1.54, 1.807) is 6.33 Å². The van der Waals surface area contributed by atoms with Crippen molar-refractivity contribution < 1.29 is 0 Å². The SMILES string of the molecule is CCCNc1ncnc(NC2CCC(SC)C2)c1CCC. The first kappa shape index (κ1) is 16.4. The second-order valence-electron chi connectivity index (χ2n) is 5.74. The van der Waals surface area contributed by atoms with Gasteiger partial charge in [0, 0.05) is 23.4 Å². The summed E-state index contributed by atoms with van der Waals surface area (Å²) < 4.78 is 0. The summed E-state index contributed by atoms with van der Waals surface area (Å²) in [6.07, 6.45) is 10.9. The van der Waals surface area contributed by atoms with Crippen LogP contribution in [0, 0.1) is 0 Å². The molecule has 2 atom stereocenters. The molecule has 1 aromatic heterocycles. The van der Waals surface area contributed by atoms with Crippen LogP contribution in [0.25, 0.3) is 0 Å². The van der Waals surface area contributed by atoms with E-state index in [0.717, 1.165) is 42.7 Å². The van der Waals surface area contributed by atoms with Crippen LogP contribution < -0.4 is 10.6 Å². The van der Waals surface area contributed by atoms with Crippen molar-refractivity contribution in [3.63, 3.8) is 0 Å². The van der Waals surface area contributed by atoms with E-state index >= 15 is 0 Å². The van der Waals surface area contributed by atoms with Crippen molar-refractivity contribution in [1.82, 2.24) is 9.97 Å². The number of thioether (sulfide) groups is 1. The summed E-state index contributed by atoms with van der Waals surface area (Å²) in [4.78, 5) is 8.95. The minimum absolute atomic E-state index is 0.562. The number of aromatic nitrogens is 2. The topological polar surface area (TPSA) is 49.8 Å². The van der Waals surface area contributed by atoms with Crippen molar-refractivity contribution in [1.29, 1.82) is 0 Å². The van der Waals surface area contributed by atoms with Crippen molar-refractivity contribution in [2.75, 3.05) is 23.4 Å². The fourth-order valence-corrected chi connectivity index (χ4v) is 3.69. The molecule has 0 amide bonds. The number of nitrogens with one attached hydrogen (secondary N) is 2. The normalized spacial score (nSPS) is 21.5. The van der Waals surface area contributed by atoms with Gasteiger partial charge in [0.15, 0.2) is 0 Å². The molecule has 0 aliphatic heterocycles. The van der Waals surface area contributed by atoms with E-state index in [4.69, 9.17) is 0 Å². The van der Waals surface area contributed by atoms with Gasteiger partial charge in [0.1, 0.15) is 18.0 Å². The van der Waals surface area contributed by atoms with Crippen LogP contribution in [0.15, 0.2) is 6.33 Å². The molecule has 0 spiro atoms. The van der Waals surface area contributed by atoms with E-state index in [2.05, 4.69) is 40.7 Å². The van der Waals surface area contributed by atoms with E-state index in [0.29, 0.717) is 6.04 Å². The lowest BCUT2D eigenvalue weighted by atomic mass is 10.1. The highest BCUT2D eigenvalue weighted by Gasteiger charge is 2.25. The molecular weight excluding hydrogens is 280 g/mol. The average Bonchev–Trinajstić information content (AvgIpc) is 2.95. The molecule has 0 aromatic carbocycles. The van der Waals surface area contributed by atoms with Gasteiger partial charge in [-0.2, -0.15) is 11.8 Å². The molecule has 2 rings (SSSR count). The zero-order valence-corrected chi connectivity index (χ0v) is 14.3. The van der Waals surface area contributed by atoms with E-state index in [-0.39, 0.29) is 0 Å². The highest BCUT2D eigenvalue weighted by atomic mass is 32.2. The minimum atomic E-state index is 0.562. The van der Waals surface area contributed by atoms with Gasteiger partial charge in [-0.25, -0.2) is 9.97 Å². The lowest BCUT2D eigenvalue weighted by molar-refractivity contribution is 0.746. The van der Waals surface area contributed by atoms with Gasteiger partial charge in [-0.05, 0) is 38.4 Å². The van der Waals surface area contributed by atoms with Gasteiger partial charge in [0.2, 0.25) is 0 Å². The molecule has 4 nitrogen and oxygen atoms in total. The predicted molar refractivity (Wildman–Crippen MR) is 93.4 cm³/mol. The highest BCUT2D eigenvalue weighted by molar-refractivity contribution is 7.99. The smallest absolute Gasteiger partial charge is 0.134 e. The summed E-state index contributed by atoms with van der Waals surface area (Å²) in [6.45, 7) is 5.35. The van der Waals surface area contributed by atoms with Crippen molar-refractivity contribution >= 4 is 23.4 Å². The van der Waals surface area contributed by atoms with Gasteiger partial charge in [0.25, 0.3) is 0 Å². The monoisotopic (exact) mass is 308 g/mol. The molecule has 1 heterocycles. The third kappa shape index (κ3) is 4.50. The van der Waals surface area contributed by atoms with Crippen LogP contribution in [-0.4, -0.2) is 34.1 Å². The third-order valence-electron chi connectivity index (χ3n) is 4.05. The van der Waals surface area contributed by atoms with E-state index in [9.17, 15) is 0 Å². The summed E-state index contributed by atoms with van der Waals surface area (Å²) in [5.74, 6) is 2.05. The average molecular weight is 308 g/mol. The van der Waals surface area contributed by atoms with Crippen LogP contribution in [0.1, 0.15) is 51.5 Å². The Morgan fingerprint density at radius 2 is 2.00 bits per heavy atom. The maximum Gasteiger partial charge on any atom is 0.134 e. The Bertz CT molecular complexity index is 438. The van der Waals surface area contributed by atoms with Crippen LogP contribution in [0.4, 0.5) is 11.6 Å². The van der Waals surface area contributed by atoms with E-state index < -0.39 is 0 Å². The van der Waals surface area contributed by atoms with E-state index in [1.807, 2.05) is 11.8 Å². The maximum absolute atomic E-state index is 4.51. The number of hydrogen-bond donors (Lipinski definition) is 2.